The van der Waals surface area contributed by atoms with E-state index >= 15 is 0 Å². The highest BCUT2D eigenvalue weighted by Crippen LogP contribution is 2.28. The number of hydrogen-bond acceptors (Lipinski definition) is 1. The van der Waals surface area contributed by atoms with E-state index in [0.29, 0.717) is 16.1 Å². The quantitative estimate of drug-likeness (QED) is 0.522. The molecule has 1 heterocycles. The van der Waals surface area contributed by atoms with Crippen LogP contribution in [0.3, 0.4) is 0 Å². The Kier molecular flexibility index (Phi) is 1.80. The average molecular weight is 212 g/mol. The summed E-state index contributed by atoms with van der Waals surface area (Å²) in [4.78, 5) is 0. The first-order valence-electron chi connectivity index (χ1n) is 4.62. The second kappa shape index (κ2) is 3.04. The van der Waals surface area contributed by atoms with Gasteiger partial charge in [0.05, 0.1) is 0 Å². The summed E-state index contributed by atoms with van der Waals surface area (Å²) in [5, 5.41) is 2.64. The van der Waals surface area contributed by atoms with Crippen LogP contribution >= 0.6 is 11.6 Å². The molecule has 70 valence electrons. The summed E-state index contributed by atoms with van der Waals surface area (Å²) in [7, 11) is 5.84. The van der Waals surface area contributed by atoms with Crippen LogP contribution in [-0.2, 0) is 0 Å². The molecule has 1 nitrogen and oxygen atoms in total. The van der Waals surface area contributed by atoms with Crippen molar-refractivity contribution in [2.24, 2.45) is 0 Å². The maximum Gasteiger partial charge on any atom is 0.135 e. The van der Waals surface area contributed by atoms with Crippen molar-refractivity contribution in [3.05, 3.63) is 41.4 Å². The zero-order chi connectivity index (χ0) is 10.4. The third-order valence-electron chi connectivity index (χ3n) is 2.47. The summed E-state index contributed by atoms with van der Waals surface area (Å²) in [6, 6.07) is 11.4. The van der Waals surface area contributed by atoms with Crippen LogP contribution in [0.5, 0.6) is 0 Å². The molecule has 2 aromatic carbocycles. The molecule has 0 unspecified atom stereocenters. The Morgan fingerprint density at radius 1 is 1.07 bits per heavy atom. The number of para-hydroxylation sites is 1. The Hall–Kier alpha value is -1.41. The van der Waals surface area contributed by atoms with Crippen LogP contribution in [0.25, 0.3) is 21.9 Å². The largest absolute Gasteiger partial charge is 0.457 e. The monoisotopic (exact) mass is 212 g/mol. The molecule has 3 heteroatoms. The van der Waals surface area contributed by atoms with E-state index in [1.165, 1.54) is 0 Å². The summed E-state index contributed by atoms with van der Waals surface area (Å²) in [6.45, 7) is 0. The van der Waals surface area contributed by atoms with E-state index in [1.54, 1.807) is 6.07 Å². The van der Waals surface area contributed by atoms with Gasteiger partial charge in [0.15, 0.2) is 0 Å². The van der Waals surface area contributed by atoms with E-state index in [9.17, 15) is 0 Å². The van der Waals surface area contributed by atoms with Crippen LogP contribution in [0.15, 0.2) is 40.8 Å². The Balaban J connectivity index is 2.61. The number of fused-ring (bicyclic) bond motifs is 3. The first kappa shape index (κ1) is 8.87. The molecule has 0 spiro atoms. The summed E-state index contributed by atoms with van der Waals surface area (Å²) in [5.41, 5.74) is 2.12. The molecule has 1 aromatic heterocycles. The lowest BCUT2D eigenvalue weighted by Gasteiger charge is -1.95. The molecule has 0 bridgehead atoms. The second-order valence-electron chi connectivity index (χ2n) is 3.47. The van der Waals surface area contributed by atoms with E-state index in [0.717, 1.165) is 16.4 Å². The minimum Gasteiger partial charge on any atom is -0.457 e. The number of hydrogen-bond donors (Lipinski definition) is 0. The number of benzene rings is 2. The van der Waals surface area contributed by atoms with Crippen molar-refractivity contribution < 1.29 is 4.42 Å². The molecule has 0 saturated heterocycles. The molecule has 0 atom stereocenters. The van der Waals surface area contributed by atoms with Crippen molar-refractivity contribution in [1.82, 2.24) is 0 Å². The maximum atomic E-state index is 5.96. The number of rotatable bonds is 0. The SMILES string of the molecule is [B]c1cc(Cl)cc2c1oc1ccccc12. The molecule has 0 fully saturated rings. The van der Waals surface area contributed by atoms with Crippen LogP contribution in [0.4, 0.5) is 0 Å². The normalized spacial score (nSPS) is 11.3. The minimum absolute atomic E-state index is 0.578. The van der Waals surface area contributed by atoms with Crippen LogP contribution in [-0.4, -0.2) is 7.85 Å². The van der Waals surface area contributed by atoms with Gasteiger partial charge < -0.3 is 4.42 Å². The van der Waals surface area contributed by atoms with Crippen molar-refractivity contribution in [2.75, 3.05) is 0 Å². The summed E-state index contributed by atoms with van der Waals surface area (Å²) in [5.74, 6) is 0. The van der Waals surface area contributed by atoms with Gasteiger partial charge in [0.1, 0.15) is 19.0 Å². The Morgan fingerprint density at radius 3 is 2.73 bits per heavy atom. The third kappa shape index (κ3) is 1.25. The summed E-state index contributed by atoms with van der Waals surface area (Å²) in [6.07, 6.45) is 0. The predicted octanol–water partition coefficient (Wildman–Crippen LogP) is 3.03. The smallest absolute Gasteiger partial charge is 0.135 e. The molecule has 15 heavy (non-hydrogen) atoms. The van der Waals surface area contributed by atoms with E-state index < -0.39 is 0 Å². The molecule has 3 aromatic rings. The van der Waals surface area contributed by atoms with Crippen molar-refractivity contribution in [3.63, 3.8) is 0 Å². The second-order valence-corrected chi connectivity index (χ2v) is 3.91. The molecule has 0 N–H and O–H groups in total. The Labute approximate surface area is 93.0 Å². The Bertz CT molecular complexity index is 657. The van der Waals surface area contributed by atoms with Gasteiger partial charge >= 0.3 is 0 Å². The summed E-state index contributed by atoms with van der Waals surface area (Å²) < 4.78 is 5.65. The molecule has 2 radical (unpaired) electrons. The Morgan fingerprint density at radius 2 is 1.87 bits per heavy atom. The number of furan rings is 1. The van der Waals surface area contributed by atoms with Crippen LogP contribution in [0, 0.1) is 0 Å². The van der Waals surface area contributed by atoms with Gasteiger partial charge in [0.2, 0.25) is 0 Å². The highest BCUT2D eigenvalue weighted by atomic mass is 35.5. The van der Waals surface area contributed by atoms with Gasteiger partial charge in [-0.2, -0.15) is 0 Å². The van der Waals surface area contributed by atoms with Crippen LogP contribution in [0.2, 0.25) is 5.02 Å². The zero-order valence-corrected chi connectivity index (χ0v) is 8.58. The maximum absolute atomic E-state index is 5.96. The molecule has 0 amide bonds. The van der Waals surface area contributed by atoms with Crippen molar-refractivity contribution in [1.29, 1.82) is 0 Å². The highest BCUT2D eigenvalue weighted by molar-refractivity contribution is 6.42. The molecule has 0 aliphatic rings. The third-order valence-corrected chi connectivity index (χ3v) is 2.69. The van der Waals surface area contributed by atoms with E-state index in [4.69, 9.17) is 23.9 Å². The summed E-state index contributed by atoms with van der Waals surface area (Å²) >= 11 is 5.96. The van der Waals surface area contributed by atoms with Crippen LogP contribution < -0.4 is 5.46 Å². The van der Waals surface area contributed by atoms with Gasteiger partial charge in [-0.1, -0.05) is 35.3 Å². The fourth-order valence-electron chi connectivity index (χ4n) is 1.82. The lowest BCUT2D eigenvalue weighted by molar-refractivity contribution is 0.671. The molecular formula is C12H6BClO. The van der Waals surface area contributed by atoms with Gasteiger partial charge in [-0.3, -0.25) is 0 Å². The van der Waals surface area contributed by atoms with Gasteiger partial charge in [-0.15, -0.1) is 0 Å². The van der Waals surface area contributed by atoms with Crippen molar-refractivity contribution in [2.45, 2.75) is 0 Å². The van der Waals surface area contributed by atoms with E-state index in [1.807, 2.05) is 30.3 Å². The van der Waals surface area contributed by atoms with Crippen molar-refractivity contribution >= 4 is 46.8 Å². The van der Waals surface area contributed by atoms with Gasteiger partial charge in [-0.25, -0.2) is 0 Å². The standard InChI is InChI=1S/C12H6BClO/c13-10-6-7(14)5-9-8-3-1-2-4-11(8)15-12(9)10/h1-6H. The lowest BCUT2D eigenvalue weighted by atomic mass is 9.94. The fraction of sp³-hybridized carbons (Fsp3) is 0. The molecule has 3 rings (SSSR count). The van der Waals surface area contributed by atoms with E-state index in [2.05, 4.69) is 0 Å². The fourth-order valence-corrected chi connectivity index (χ4v) is 2.04. The van der Waals surface area contributed by atoms with Crippen LogP contribution in [0.1, 0.15) is 0 Å². The average Bonchev–Trinajstić information content (AvgIpc) is 2.57. The molecular weight excluding hydrogens is 206 g/mol. The topological polar surface area (TPSA) is 13.1 Å². The van der Waals surface area contributed by atoms with E-state index in [-0.39, 0.29) is 0 Å². The number of halogens is 1. The first-order valence-corrected chi connectivity index (χ1v) is 5.00. The van der Waals surface area contributed by atoms with Gasteiger partial charge in [-0.05, 0) is 18.2 Å². The molecule has 0 aliphatic heterocycles. The zero-order valence-electron chi connectivity index (χ0n) is 7.83. The molecule has 0 saturated carbocycles. The predicted molar refractivity (Wildman–Crippen MR) is 64.1 cm³/mol. The highest BCUT2D eigenvalue weighted by Gasteiger charge is 2.08. The lowest BCUT2D eigenvalue weighted by Crippen LogP contribution is -2.01. The first-order chi connectivity index (χ1) is 7.25. The van der Waals surface area contributed by atoms with Gasteiger partial charge in [0, 0.05) is 15.8 Å². The molecule has 0 aliphatic carbocycles. The minimum atomic E-state index is 0.578. The van der Waals surface area contributed by atoms with Gasteiger partial charge in [0.25, 0.3) is 0 Å². The van der Waals surface area contributed by atoms with Crippen molar-refractivity contribution in [3.8, 4) is 0 Å².